The van der Waals surface area contributed by atoms with E-state index in [4.69, 9.17) is 17.3 Å². The highest BCUT2D eigenvalue weighted by Gasteiger charge is 2.46. The number of aromatic nitrogens is 2. The minimum atomic E-state index is -2.67. The molecule has 6 nitrogen and oxygen atoms in total. The van der Waals surface area contributed by atoms with Gasteiger partial charge in [-0.25, -0.2) is 13.2 Å². The number of carbonyl (C=O) groups is 2. The van der Waals surface area contributed by atoms with E-state index in [0.717, 1.165) is 0 Å². The van der Waals surface area contributed by atoms with Crippen molar-refractivity contribution in [3.63, 3.8) is 0 Å². The Kier molecular flexibility index (Phi) is 4.80. The summed E-state index contributed by atoms with van der Waals surface area (Å²) in [4.78, 5) is 26.2. The standard InChI is InChI=1S/C19H18ClF3N4O2/c20-12-6-11(1-2-13(12)21)17-16(18(24)29)14-9-26(3-4-27(14)25-17)15(28)5-10-7-19(22,23)8-10/h1-2,6,10H,3-5,7-9H2,(H2,24,29). The molecule has 0 unspecified atom stereocenters. The number of amides is 2. The fourth-order valence-electron chi connectivity index (χ4n) is 3.94. The summed E-state index contributed by atoms with van der Waals surface area (Å²) in [5, 5.41) is 4.30. The summed E-state index contributed by atoms with van der Waals surface area (Å²) in [6.45, 7) is 0.775. The van der Waals surface area contributed by atoms with Crippen LogP contribution in [0.2, 0.25) is 5.02 Å². The molecule has 2 aliphatic rings. The minimum absolute atomic E-state index is 0.0516. The Morgan fingerprint density at radius 1 is 1.28 bits per heavy atom. The third kappa shape index (κ3) is 3.71. The van der Waals surface area contributed by atoms with E-state index >= 15 is 0 Å². The number of nitrogens with zero attached hydrogens (tertiary/aromatic N) is 3. The van der Waals surface area contributed by atoms with Crippen LogP contribution in [-0.4, -0.2) is 39.0 Å². The number of nitrogens with two attached hydrogens (primary N) is 1. The Balaban J connectivity index is 1.59. The van der Waals surface area contributed by atoms with E-state index in [9.17, 15) is 22.8 Å². The summed E-state index contributed by atoms with van der Waals surface area (Å²) in [5.74, 6) is -4.56. The van der Waals surface area contributed by atoms with Gasteiger partial charge >= 0.3 is 0 Å². The molecule has 2 N–H and O–H groups in total. The lowest BCUT2D eigenvalue weighted by Crippen LogP contribution is -2.43. The zero-order valence-corrected chi connectivity index (χ0v) is 16.1. The van der Waals surface area contributed by atoms with E-state index in [-0.39, 0.29) is 53.9 Å². The molecule has 154 valence electrons. The molecule has 0 radical (unpaired) electrons. The highest BCUT2D eigenvalue weighted by atomic mass is 35.5. The molecule has 1 aromatic heterocycles. The van der Waals surface area contributed by atoms with Gasteiger partial charge in [0, 0.05) is 31.4 Å². The Hall–Kier alpha value is -2.55. The molecule has 1 aliphatic heterocycles. The van der Waals surface area contributed by atoms with Gasteiger partial charge in [-0.1, -0.05) is 11.6 Å². The number of rotatable bonds is 4. The van der Waals surface area contributed by atoms with Crippen LogP contribution in [0.4, 0.5) is 13.2 Å². The monoisotopic (exact) mass is 426 g/mol. The van der Waals surface area contributed by atoms with Crippen molar-refractivity contribution in [3.8, 4) is 11.3 Å². The SMILES string of the molecule is NC(=O)c1c(-c2ccc(F)c(Cl)c2)nn2c1CN(C(=O)CC1CC(F)(F)C1)CC2. The molecule has 10 heteroatoms. The van der Waals surface area contributed by atoms with Gasteiger partial charge in [0.2, 0.25) is 11.8 Å². The molecule has 0 saturated heterocycles. The molecular formula is C19H18ClF3N4O2. The van der Waals surface area contributed by atoms with Gasteiger partial charge in [-0.2, -0.15) is 5.10 Å². The van der Waals surface area contributed by atoms with Gasteiger partial charge in [-0.05, 0) is 24.1 Å². The second kappa shape index (κ2) is 7.05. The quantitative estimate of drug-likeness (QED) is 0.815. The number of primary amides is 1. The van der Waals surface area contributed by atoms with Crippen LogP contribution < -0.4 is 5.73 Å². The van der Waals surface area contributed by atoms with Gasteiger partial charge in [0.25, 0.3) is 5.91 Å². The lowest BCUT2D eigenvalue weighted by Gasteiger charge is -2.36. The van der Waals surface area contributed by atoms with Crippen molar-refractivity contribution >= 4 is 23.4 Å². The summed E-state index contributed by atoms with van der Waals surface area (Å²) < 4.78 is 41.1. The van der Waals surface area contributed by atoms with E-state index in [2.05, 4.69) is 5.10 Å². The summed E-state index contributed by atoms with van der Waals surface area (Å²) >= 11 is 5.84. The Morgan fingerprint density at radius 3 is 2.62 bits per heavy atom. The molecule has 29 heavy (non-hydrogen) atoms. The Labute approximate surface area is 169 Å². The molecule has 0 spiro atoms. The van der Waals surface area contributed by atoms with E-state index in [1.165, 1.54) is 23.1 Å². The lowest BCUT2D eigenvalue weighted by atomic mass is 9.79. The highest BCUT2D eigenvalue weighted by molar-refractivity contribution is 6.31. The van der Waals surface area contributed by atoms with Crippen molar-refractivity contribution in [1.29, 1.82) is 0 Å². The number of hydrogen-bond donors (Lipinski definition) is 1. The number of fused-ring (bicyclic) bond motifs is 1. The van der Waals surface area contributed by atoms with Crippen LogP contribution in [0, 0.1) is 11.7 Å². The summed E-state index contributed by atoms with van der Waals surface area (Å²) in [6.07, 6.45) is -0.491. The normalized spacial score (nSPS) is 18.3. The zero-order valence-electron chi connectivity index (χ0n) is 15.3. The zero-order chi connectivity index (χ0) is 20.9. The molecule has 0 atom stereocenters. The van der Waals surface area contributed by atoms with Crippen molar-refractivity contribution in [1.82, 2.24) is 14.7 Å². The van der Waals surface area contributed by atoms with Crippen LogP contribution in [-0.2, 0) is 17.9 Å². The molecule has 2 aromatic rings. The van der Waals surface area contributed by atoms with Crippen LogP contribution in [0.15, 0.2) is 18.2 Å². The van der Waals surface area contributed by atoms with Gasteiger partial charge in [-0.15, -0.1) is 0 Å². The topological polar surface area (TPSA) is 81.2 Å². The Bertz CT molecular complexity index is 1000. The third-order valence-corrected chi connectivity index (χ3v) is 5.70. The van der Waals surface area contributed by atoms with E-state index in [1.54, 1.807) is 4.68 Å². The summed E-state index contributed by atoms with van der Waals surface area (Å²) in [6, 6.07) is 3.98. The van der Waals surface area contributed by atoms with Crippen molar-refractivity contribution in [2.45, 2.75) is 38.3 Å². The van der Waals surface area contributed by atoms with Gasteiger partial charge in [0.15, 0.2) is 0 Å². The average molecular weight is 427 g/mol. The first-order valence-corrected chi connectivity index (χ1v) is 9.53. The van der Waals surface area contributed by atoms with E-state index in [0.29, 0.717) is 24.3 Å². The van der Waals surface area contributed by atoms with Crippen LogP contribution in [0.1, 0.15) is 35.3 Å². The van der Waals surface area contributed by atoms with E-state index < -0.39 is 17.6 Å². The molecule has 2 heterocycles. The number of hydrogen-bond acceptors (Lipinski definition) is 3. The predicted octanol–water partition coefficient (Wildman–Crippen LogP) is 3.22. The van der Waals surface area contributed by atoms with Gasteiger partial charge < -0.3 is 10.6 Å². The minimum Gasteiger partial charge on any atom is -0.365 e. The molecule has 1 saturated carbocycles. The average Bonchev–Trinajstić information content (AvgIpc) is 3.01. The first kappa shape index (κ1) is 19.8. The van der Waals surface area contributed by atoms with Crippen LogP contribution in [0.5, 0.6) is 0 Å². The van der Waals surface area contributed by atoms with Crippen molar-refractivity contribution < 1.29 is 22.8 Å². The van der Waals surface area contributed by atoms with Gasteiger partial charge in [-0.3, -0.25) is 14.3 Å². The third-order valence-electron chi connectivity index (χ3n) is 5.41. The largest absolute Gasteiger partial charge is 0.365 e. The number of benzene rings is 1. The summed E-state index contributed by atoms with van der Waals surface area (Å²) in [5.41, 5.74) is 6.87. The van der Waals surface area contributed by atoms with E-state index in [1.807, 2.05) is 0 Å². The van der Waals surface area contributed by atoms with Crippen molar-refractivity contribution in [3.05, 3.63) is 40.3 Å². The maximum Gasteiger partial charge on any atom is 0.252 e. The number of carbonyl (C=O) groups excluding carboxylic acids is 2. The van der Waals surface area contributed by atoms with Crippen LogP contribution in [0.25, 0.3) is 11.3 Å². The first-order valence-electron chi connectivity index (χ1n) is 9.15. The fraction of sp³-hybridized carbons (Fsp3) is 0.421. The maximum absolute atomic E-state index is 13.5. The predicted molar refractivity (Wildman–Crippen MR) is 98.9 cm³/mol. The number of alkyl halides is 2. The van der Waals surface area contributed by atoms with Crippen molar-refractivity contribution in [2.75, 3.05) is 6.54 Å². The molecule has 1 aromatic carbocycles. The molecule has 1 fully saturated rings. The molecule has 0 bridgehead atoms. The molecule has 1 aliphatic carbocycles. The molecule has 2 amide bonds. The smallest absolute Gasteiger partial charge is 0.252 e. The maximum atomic E-state index is 13.5. The summed E-state index contributed by atoms with van der Waals surface area (Å²) in [7, 11) is 0. The lowest BCUT2D eigenvalue weighted by molar-refractivity contribution is -0.143. The van der Waals surface area contributed by atoms with Crippen LogP contribution >= 0.6 is 11.6 Å². The molecular weight excluding hydrogens is 409 g/mol. The van der Waals surface area contributed by atoms with Gasteiger partial charge in [0.1, 0.15) is 11.5 Å². The first-order chi connectivity index (χ1) is 13.6. The fourth-order valence-corrected chi connectivity index (χ4v) is 4.12. The Morgan fingerprint density at radius 2 is 2.00 bits per heavy atom. The van der Waals surface area contributed by atoms with Crippen molar-refractivity contribution in [2.24, 2.45) is 11.7 Å². The van der Waals surface area contributed by atoms with Gasteiger partial charge in [0.05, 0.1) is 29.4 Å². The second-order valence-electron chi connectivity index (χ2n) is 7.54. The van der Waals surface area contributed by atoms with Crippen LogP contribution in [0.3, 0.4) is 0 Å². The number of halogens is 4. The second-order valence-corrected chi connectivity index (χ2v) is 7.94. The molecule has 4 rings (SSSR count). The highest BCUT2D eigenvalue weighted by Crippen LogP contribution is 2.44.